The second-order valence-corrected chi connectivity index (χ2v) is 8.40. The molecule has 3 aromatic rings. The molecule has 1 aliphatic heterocycles. The van der Waals surface area contributed by atoms with Crippen LogP contribution in [-0.4, -0.2) is 42.7 Å². The molecule has 12 nitrogen and oxygen atoms in total. The lowest BCUT2D eigenvalue weighted by Gasteiger charge is -2.31. The molecule has 0 saturated carbocycles. The number of aryl methyl sites for hydroxylation is 1. The van der Waals surface area contributed by atoms with Crippen LogP contribution in [0.2, 0.25) is 0 Å². The van der Waals surface area contributed by atoms with Crippen molar-refractivity contribution in [2.24, 2.45) is 12.8 Å². The highest BCUT2D eigenvalue weighted by Crippen LogP contribution is 2.23. The summed E-state index contributed by atoms with van der Waals surface area (Å²) >= 11 is 0. The lowest BCUT2D eigenvalue weighted by molar-refractivity contribution is -0.385. The molecule has 0 bridgehead atoms. The van der Waals surface area contributed by atoms with Gasteiger partial charge in [0.2, 0.25) is 5.95 Å². The molecule has 2 N–H and O–H groups in total. The highest BCUT2D eigenvalue weighted by Gasteiger charge is 2.26. The maximum atomic E-state index is 13.6. The van der Waals surface area contributed by atoms with Crippen LogP contribution < -0.4 is 21.9 Å². The Morgan fingerprint density at radius 2 is 2.09 bits per heavy atom. The molecule has 1 aromatic carbocycles. The van der Waals surface area contributed by atoms with Gasteiger partial charge in [0.1, 0.15) is 11.6 Å². The van der Waals surface area contributed by atoms with E-state index >= 15 is 0 Å². The van der Waals surface area contributed by atoms with E-state index in [1.807, 2.05) is 4.90 Å². The number of hydrogen-bond acceptors (Lipinski definition) is 8. The first kappa shape index (κ1) is 23.7. The molecule has 0 amide bonds. The molecule has 0 radical (unpaired) electrons. The number of nitro benzene ring substituents is 1. The van der Waals surface area contributed by atoms with Gasteiger partial charge in [0, 0.05) is 32.2 Å². The predicted molar refractivity (Wildman–Crippen MR) is 129 cm³/mol. The summed E-state index contributed by atoms with van der Waals surface area (Å²) in [5.41, 5.74) is 5.28. The van der Waals surface area contributed by atoms with Crippen molar-refractivity contribution in [1.82, 2.24) is 18.7 Å². The third-order valence-corrected chi connectivity index (χ3v) is 6.09. The highest BCUT2D eigenvalue weighted by atomic mass is 16.6. The van der Waals surface area contributed by atoms with Crippen LogP contribution >= 0.6 is 0 Å². The van der Waals surface area contributed by atoms with Crippen LogP contribution in [0.5, 0.6) is 0 Å². The summed E-state index contributed by atoms with van der Waals surface area (Å²) in [5.74, 6) is 6.32. The van der Waals surface area contributed by atoms with Crippen LogP contribution in [0.1, 0.15) is 30.9 Å². The van der Waals surface area contributed by atoms with Gasteiger partial charge in [-0.1, -0.05) is 12.0 Å². The Balaban J connectivity index is 1.90. The average Bonchev–Trinajstić information content (AvgIpc) is 3.23. The van der Waals surface area contributed by atoms with Crippen LogP contribution in [0.4, 0.5) is 11.6 Å². The monoisotopic (exact) mass is 476 g/mol. The molecule has 12 heteroatoms. The smallest absolute Gasteiger partial charge is 0.332 e. The van der Waals surface area contributed by atoms with Crippen molar-refractivity contribution in [3.63, 3.8) is 0 Å². The molecule has 0 aliphatic carbocycles. The molecule has 1 saturated heterocycles. The average molecular weight is 476 g/mol. The normalized spacial score (nSPS) is 15.5. The summed E-state index contributed by atoms with van der Waals surface area (Å²) in [6.45, 7) is 2.97. The molecule has 0 spiro atoms. The summed E-state index contributed by atoms with van der Waals surface area (Å²) in [7, 11) is 1.52. The van der Waals surface area contributed by atoms with Crippen LogP contribution in [0.3, 0.4) is 0 Å². The zero-order chi connectivity index (χ0) is 25.3. The van der Waals surface area contributed by atoms with Crippen molar-refractivity contribution in [2.45, 2.75) is 38.9 Å². The molecule has 35 heavy (non-hydrogen) atoms. The van der Waals surface area contributed by atoms with E-state index in [-0.39, 0.29) is 41.5 Å². The van der Waals surface area contributed by atoms with Gasteiger partial charge in [0.15, 0.2) is 11.2 Å². The lowest BCUT2D eigenvalue weighted by Crippen LogP contribution is -2.44. The largest absolute Gasteiger partial charge is 0.341 e. The Morgan fingerprint density at radius 3 is 2.74 bits per heavy atom. The Bertz CT molecular complexity index is 1550. The third kappa shape index (κ3) is 4.27. The molecular formula is C23H24N8O4. The topological polar surface area (TPSA) is 158 Å². The van der Waals surface area contributed by atoms with Crippen molar-refractivity contribution >= 4 is 22.8 Å². The highest BCUT2D eigenvalue weighted by molar-refractivity contribution is 5.75. The molecule has 3 heterocycles. The standard InChI is InChI=1S/C23H24N8O4/c1-3-4-10-29-19-20(26-22(29)28-9-5-6-17(25)14-28)27(2)23(33)30(21(19)32)13-15-7-8-16(12-24)18(11-15)31(34)35/h7-8,11,17H,5-6,9-10,13-14,25H2,1-2H3. The SMILES string of the molecule is CC#CCn1c(N2CCCC(N)C2)nc2c1c(=O)n(Cc1ccc(C#N)c([N+](=O)[O-])c1)c(=O)n2C. The van der Waals surface area contributed by atoms with E-state index in [1.54, 1.807) is 17.6 Å². The number of rotatable bonds is 5. The summed E-state index contributed by atoms with van der Waals surface area (Å²) in [5, 5.41) is 20.5. The van der Waals surface area contributed by atoms with Crippen molar-refractivity contribution in [3.05, 3.63) is 60.3 Å². The fourth-order valence-electron chi connectivity index (χ4n) is 4.34. The van der Waals surface area contributed by atoms with E-state index in [4.69, 9.17) is 11.0 Å². The van der Waals surface area contributed by atoms with Gasteiger partial charge in [-0.15, -0.1) is 5.92 Å². The zero-order valence-corrected chi connectivity index (χ0v) is 19.4. The van der Waals surface area contributed by atoms with Crippen molar-refractivity contribution < 1.29 is 4.92 Å². The fraction of sp³-hybridized carbons (Fsp3) is 0.391. The summed E-state index contributed by atoms with van der Waals surface area (Å²) in [4.78, 5) is 44.1. The number of aromatic nitrogens is 4. The van der Waals surface area contributed by atoms with E-state index in [9.17, 15) is 19.7 Å². The number of piperidine rings is 1. The van der Waals surface area contributed by atoms with Gasteiger partial charge in [0.25, 0.3) is 11.2 Å². The first-order chi connectivity index (χ1) is 16.8. The quantitative estimate of drug-likeness (QED) is 0.320. The van der Waals surface area contributed by atoms with E-state index in [2.05, 4.69) is 16.8 Å². The molecule has 1 aliphatic rings. The number of nitriles is 1. The number of benzene rings is 1. The molecule has 4 rings (SSSR count). The lowest BCUT2D eigenvalue weighted by atomic mass is 10.1. The van der Waals surface area contributed by atoms with Gasteiger partial charge in [-0.05, 0) is 31.4 Å². The number of nitrogens with two attached hydrogens (primary N) is 1. The van der Waals surface area contributed by atoms with Crippen LogP contribution in [0.25, 0.3) is 11.2 Å². The predicted octanol–water partition coefficient (Wildman–Crippen LogP) is 0.676. The Labute approximate surface area is 200 Å². The fourth-order valence-corrected chi connectivity index (χ4v) is 4.34. The number of nitrogens with zero attached hydrogens (tertiary/aromatic N) is 7. The Hall–Kier alpha value is -4.42. The summed E-state index contributed by atoms with van der Waals surface area (Å²) in [6, 6.07) is 5.75. The minimum atomic E-state index is -0.666. The van der Waals surface area contributed by atoms with E-state index in [0.29, 0.717) is 24.6 Å². The number of anilines is 1. The van der Waals surface area contributed by atoms with Crippen molar-refractivity contribution in [2.75, 3.05) is 18.0 Å². The summed E-state index contributed by atoms with van der Waals surface area (Å²) in [6.07, 6.45) is 1.78. The minimum Gasteiger partial charge on any atom is -0.341 e. The second-order valence-electron chi connectivity index (χ2n) is 8.40. The first-order valence-corrected chi connectivity index (χ1v) is 11.0. The van der Waals surface area contributed by atoms with Crippen LogP contribution in [0, 0.1) is 33.3 Å². The second kappa shape index (κ2) is 9.44. The van der Waals surface area contributed by atoms with Crippen LogP contribution in [-0.2, 0) is 20.1 Å². The zero-order valence-electron chi connectivity index (χ0n) is 19.4. The number of hydrogen-bond donors (Lipinski definition) is 1. The Kier molecular flexibility index (Phi) is 6.40. The maximum absolute atomic E-state index is 13.6. The van der Waals surface area contributed by atoms with Crippen molar-refractivity contribution in [3.8, 4) is 17.9 Å². The van der Waals surface area contributed by atoms with Gasteiger partial charge in [-0.3, -0.25) is 28.6 Å². The number of fused-ring (bicyclic) bond motifs is 1. The number of nitro groups is 1. The molecule has 180 valence electrons. The van der Waals surface area contributed by atoms with Gasteiger partial charge in [0.05, 0.1) is 18.0 Å². The van der Waals surface area contributed by atoms with Crippen molar-refractivity contribution in [1.29, 1.82) is 5.26 Å². The van der Waals surface area contributed by atoms with Crippen LogP contribution in [0.15, 0.2) is 27.8 Å². The molecular weight excluding hydrogens is 452 g/mol. The minimum absolute atomic E-state index is 0.0260. The van der Waals surface area contributed by atoms with E-state index < -0.39 is 16.2 Å². The third-order valence-electron chi connectivity index (χ3n) is 6.09. The van der Waals surface area contributed by atoms with E-state index in [0.717, 1.165) is 17.4 Å². The first-order valence-electron chi connectivity index (χ1n) is 11.0. The molecule has 2 aromatic heterocycles. The number of imidazole rings is 1. The van der Waals surface area contributed by atoms with Gasteiger partial charge in [-0.25, -0.2) is 4.79 Å². The summed E-state index contributed by atoms with van der Waals surface area (Å²) < 4.78 is 4.00. The van der Waals surface area contributed by atoms with Gasteiger partial charge < -0.3 is 10.6 Å². The maximum Gasteiger partial charge on any atom is 0.332 e. The Morgan fingerprint density at radius 1 is 1.31 bits per heavy atom. The molecule has 1 atom stereocenters. The van der Waals surface area contributed by atoms with E-state index in [1.165, 1.54) is 29.8 Å². The van der Waals surface area contributed by atoms with Gasteiger partial charge >= 0.3 is 5.69 Å². The molecule has 1 fully saturated rings. The van der Waals surface area contributed by atoms with Gasteiger partial charge in [-0.2, -0.15) is 10.2 Å². The molecule has 1 unspecified atom stereocenters.